The smallest absolute Gasteiger partial charge is 0.0501 e. The lowest BCUT2D eigenvalue weighted by molar-refractivity contribution is -0.0528. The summed E-state index contributed by atoms with van der Waals surface area (Å²) in [6.45, 7) is 10.8. The van der Waals surface area contributed by atoms with Crippen LogP contribution in [-0.2, 0) is 4.74 Å². The summed E-state index contributed by atoms with van der Waals surface area (Å²) in [6, 6.07) is 0. The van der Waals surface area contributed by atoms with Gasteiger partial charge in [-0.3, -0.25) is 9.80 Å². The molecule has 0 atom stereocenters. The topological polar surface area (TPSA) is 35.9 Å². The molecular formula is C14H28N2O2. The van der Waals surface area contributed by atoms with E-state index >= 15 is 0 Å². The molecular weight excluding hydrogens is 228 g/mol. The Kier molecular flexibility index (Phi) is 4.32. The van der Waals surface area contributed by atoms with E-state index in [0.29, 0.717) is 6.61 Å². The lowest BCUT2D eigenvalue weighted by Crippen LogP contribution is -2.59. The molecule has 0 aromatic carbocycles. The Bertz CT molecular complexity index is 275. The molecule has 4 nitrogen and oxygen atoms in total. The van der Waals surface area contributed by atoms with Gasteiger partial charge in [0.2, 0.25) is 0 Å². The van der Waals surface area contributed by atoms with E-state index < -0.39 is 0 Å². The molecule has 4 heteroatoms. The molecule has 0 saturated carbocycles. The summed E-state index contributed by atoms with van der Waals surface area (Å²) in [4.78, 5) is 4.96. The zero-order valence-corrected chi connectivity index (χ0v) is 12.1. The number of piperazine rings is 1. The van der Waals surface area contributed by atoms with E-state index in [1.165, 1.54) is 0 Å². The summed E-state index contributed by atoms with van der Waals surface area (Å²) in [5.74, 6) is 0. The quantitative estimate of drug-likeness (QED) is 0.810. The first kappa shape index (κ1) is 14.3. The number of aliphatic hydroxyl groups excluding tert-OH is 1. The summed E-state index contributed by atoms with van der Waals surface area (Å²) < 4.78 is 5.44. The van der Waals surface area contributed by atoms with Crippen LogP contribution >= 0.6 is 0 Å². The van der Waals surface area contributed by atoms with Gasteiger partial charge in [-0.2, -0.15) is 0 Å². The Morgan fingerprint density at radius 2 is 1.83 bits per heavy atom. The lowest BCUT2D eigenvalue weighted by atomic mass is 9.80. The monoisotopic (exact) mass is 256 g/mol. The highest BCUT2D eigenvalue weighted by Gasteiger charge is 2.38. The minimum atomic E-state index is 0.0737. The Balaban J connectivity index is 1.96. The molecule has 106 valence electrons. The fourth-order valence-electron chi connectivity index (χ4n) is 3.12. The fraction of sp³-hybridized carbons (Fsp3) is 1.00. The largest absolute Gasteiger partial charge is 0.396 e. The second kappa shape index (κ2) is 5.45. The van der Waals surface area contributed by atoms with Crippen LogP contribution in [0.2, 0.25) is 0 Å². The minimum absolute atomic E-state index is 0.0737. The van der Waals surface area contributed by atoms with Crippen LogP contribution < -0.4 is 0 Å². The maximum absolute atomic E-state index is 9.76. The first-order valence-electron chi connectivity index (χ1n) is 7.10. The van der Waals surface area contributed by atoms with Crippen molar-refractivity contribution in [3.05, 3.63) is 0 Å². The van der Waals surface area contributed by atoms with Crippen LogP contribution in [0, 0.1) is 5.41 Å². The van der Waals surface area contributed by atoms with E-state index in [2.05, 4.69) is 30.7 Å². The van der Waals surface area contributed by atoms with E-state index in [0.717, 1.165) is 52.2 Å². The Labute approximate surface area is 111 Å². The third-order valence-corrected chi connectivity index (χ3v) is 4.84. The molecule has 2 fully saturated rings. The average molecular weight is 256 g/mol. The molecule has 0 amide bonds. The highest BCUT2D eigenvalue weighted by Crippen LogP contribution is 2.32. The molecule has 2 aliphatic heterocycles. The molecule has 0 spiro atoms. The third kappa shape index (κ3) is 3.05. The van der Waals surface area contributed by atoms with Crippen LogP contribution in [0.4, 0.5) is 0 Å². The molecule has 0 aromatic heterocycles. The van der Waals surface area contributed by atoms with Crippen molar-refractivity contribution in [3.63, 3.8) is 0 Å². The molecule has 0 aromatic rings. The molecule has 1 N–H and O–H groups in total. The predicted molar refractivity (Wildman–Crippen MR) is 72.7 cm³/mol. The van der Waals surface area contributed by atoms with Gasteiger partial charge in [0, 0.05) is 50.3 Å². The Morgan fingerprint density at radius 1 is 1.17 bits per heavy atom. The summed E-state index contributed by atoms with van der Waals surface area (Å²) in [5, 5.41) is 9.76. The van der Waals surface area contributed by atoms with E-state index in [-0.39, 0.29) is 11.0 Å². The number of ether oxygens (including phenoxy) is 1. The van der Waals surface area contributed by atoms with Gasteiger partial charge < -0.3 is 9.84 Å². The van der Waals surface area contributed by atoms with Crippen molar-refractivity contribution < 1.29 is 9.84 Å². The second-order valence-electron chi connectivity index (χ2n) is 6.72. The number of nitrogens with zero attached hydrogens (tertiary/aromatic N) is 2. The van der Waals surface area contributed by atoms with Crippen LogP contribution in [0.3, 0.4) is 0 Å². The van der Waals surface area contributed by atoms with Gasteiger partial charge in [-0.05, 0) is 33.7 Å². The van der Waals surface area contributed by atoms with Gasteiger partial charge in [-0.1, -0.05) is 0 Å². The fourth-order valence-corrected chi connectivity index (χ4v) is 3.12. The van der Waals surface area contributed by atoms with Crippen LogP contribution in [0.25, 0.3) is 0 Å². The molecule has 0 radical (unpaired) electrons. The maximum atomic E-state index is 9.76. The van der Waals surface area contributed by atoms with Crippen molar-refractivity contribution >= 4 is 0 Å². The van der Waals surface area contributed by atoms with Gasteiger partial charge in [-0.25, -0.2) is 0 Å². The highest BCUT2D eigenvalue weighted by molar-refractivity contribution is 4.92. The SMILES string of the molecule is CN1CCN(CC2(CO)CCOCC2)CC1(C)C. The Hall–Kier alpha value is -0.160. The van der Waals surface area contributed by atoms with E-state index in [1.54, 1.807) is 0 Å². The molecule has 2 saturated heterocycles. The standard InChI is InChI=1S/C14H28N2O2/c1-13(2)10-16(7-6-15(13)3)11-14(12-17)4-8-18-9-5-14/h17H,4-12H2,1-3H3. The summed E-state index contributed by atoms with van der Waals surface area (Å²) >= 11 is 0. The van der Waals surface area contributed by atoms with Gasteiger partial charge in [0.05, 0.1) is 6.61 Å². The van der Waals surface area contributed by atoms with Crippen molar-refractivity contribution in [1.82, 2.24) is 9.80 Å². The van der Waals surface area contributed by atoms with Gasteiger partial charge in [0.15, 0.2) is 0 Å². The molecule has 2 aliphatic rings. The van der Waals surface area contributed by atoms with E-state index in [4.69, 9.17) is 4.74 Å². The number of hydrogen-bond acceptors (Lipinski definition) is 4. The first-order chi connectivity index (χ1) is 8.47. The van der Waals surface area contributed by atoms with Gasteiger partial charge >= 0.3 is 0 Å². The molecule has 0 aliphatic carbocycles. The van der Waals surface area contributed by atoms with Crippen molar-refractivity contribution in [2.45, 2.75) is 32.2 Å². The van der Waals surface area contributed by atoms with Crippen molar-refractivity contribution in [3.8, 4) is 0 Å². The molecule has 0 bridgehead atoms. The molecule has 18 heavy (non-hydrogen) atoms. The number of likely N-dealkylation sites (N-methyl/N-ethyl adjacent to an activating group) is 1. The van der Waals surface area contributed by atoms with Crippen LogP contribution in [0.1, 0.15) is 26.7 Å². The summed E-state index contributed by atoms with van der Waals surface area (Å²) in [6.07, 6.45) is 1.99. The zero-order valence-electron chi connectivity index (χ0n) is 12.1. The minimum Gasteiger partial charge on any atom is -0.396 e. The van der Waals surface area contributed by atoms with Gasteiger partial charge in [0.1, 0.15) is 0 Å². The number of rotatable bonds is 3. The van der Waals surface area contributed by atoms with Crippen molar-refractivity contribution in [2.24, 2.45) is 5.41 Å². The van der Waals surface area contributed by atoms with Crippen LogP contribution in [0.15, 0.2) is 0 Å². The summed E-state index contributed by atoms with van der Waals surface area (Å²) in [5.41, 5.74) is 0.310. The highest BCUT2D eigenvalue weighted by atomic mass is 16.5. The van der Waals surface area contributed by atoms with Gasteiger partial charge in [0.25, 0.3) is 0 Å². The van der Waals surface area contributed by atoms with Crippen molar-refractivity contribution in [1.29, 1.82) is 0 Å². The maximum Gasteiger partial charge on any atom is 0.0501 e. The van der Waals surface area contributed by atoms with Crippen molar-refractivity contribution in [2.75, 3.05) is 53.0 Å². The van der Waals surface area contributed by atoms with E-state index in [1.807, 2.05) is 0 Å². The third-order valence-electron chi connectivity index (χ3n) is 4.84. The predicted octanol–water partition coefficient (Wildman–Crippen LogP) is 0.802. The molecule has 2 heterocycles. The molecule has 2 rings (SSSR count). The van der Waals surface area contributed by atoms with Crippen LogP contribution in [0.5, 0.6) is 0 Å². The lowest BCUT2D eigenvalue weighted by Gasteiger charge is -2.48. The van der Waals surface area contributed by atoms with Gasteiger partial charge in [-0.15, -0.1) is 0 Å². The average Bonchev–Trinajstić information content (AvgIpc) is 2.35. The van der Waals surface area contributed by atoms with Crippen LogP contribution in [-0.4, -0.2) is 73.5 Å². The first-order valence-corrected chi connectivity index (χ1v) is 7.10. The van der Waals surface area contributed by atoms with E-state index in [9.17, 15) is 5.11 Å². The number of hydrogen-bond donors (Lipinski definition) is 1. The Morgan fingerprint density at radius 3 is 2.39 bits per heavy atom. The normalized spacial score (nSPS) is 29.3. The summed E-state index contributed by atoms with van der Waals surface area (Å²) in [7, 11) is 2.20. The second-order valence-corrected chi connectivity index (χ2v) is 6.72. The zero-order chi connectivity index (χ0) is 13.2. The number of aliphatic hydroxyl groups is 1. The molecule has 0 unspecified atom stereocenters.